The van der Waals surface area contributed by atoms with E-state index in [-0.39, 0.29) is 6.10 Å². The Morgan fingerprint density at radius 2 is 1.94 bits per heavy atom. The highest BCUT2D eigenvalue weighted by Gasteiger charge is 2.07. The summed E-state index contributed by atoms with van der Waals surface area (Å²) in [6.07, 6.45) is 0.346. The van der Waals surface area contributed by atoms with E-state index in [4.69, 9.17) is 5.73 Å². The van der Waals surface area contributed by atoms with Crippen molar-refractivity contribution in [2.45, 2.75) is 26.0 Å². The van der Waals surface area contributed by atoms with Crippen molar-refractivity contribution in [3.63, 3.8) is 0 Å². The number of rotatable bonds is 6. The highest BCUT2D eigenvalue weighted by molar-refractivity contribution is 5.21. The number of likely N-dealkylation sites (N-methyl/N-ethyl adjacent to an activating group) is 1. The fourth-order valence-corrected chi connectivity index (χ4v) is 1.71. The van der Waals surface area contributed by atoms with E-state index in [1.807, 2.05) is 7.05 Å². The first kappa shape index (κ1) is 13.2. The van der Waals surface area contributed by atoms with Gasteiger partial charge in [0.05, 0.1) is 6.10 Å². The lowest BCUT2D eigenvalue weighted by molar-refractivity contribution is 0.117. The molecular weight excluding hydrogens is 200 g/mol. The van der Waals surface area contributed by atoms with Crippen molar-refractivity contribution in [3.05, 3.63) is 35.4 Å². The molecule has 0 bridgehead atoms. The highest BCUT2D eigenvalue weighted by Crippen LogP contribution is 2.06. The Morgan fingerprint density at radius 1 is 1.31 bits per heavy atom. The van der Waals surface area contributed by atoms with Gasteiger partial charge in [0.25, 0.3) is 0 Å². The SMILES string of the molecule is Cc1ccc(CN(C)CC(O)CCN)cc1. The van der Waals surface area contributed by atoms with Crippen molar-refractivity contribution in [2.24, 2.45) is 5.73 Å². The summed E-state index contributed by atoms with van der Waals surface area (Å²) in [7, 11) is 2.01. The predicted octanol–water partition coefficient (Wildman–Crippen LogP) is 1.14. The Hall–Kier alpha value is -0.900. The Kier molecular flexibility index (Phi) is 5.46. The second-order valence-electron chi connectivity index (χ2n) is 4.41. The number of benzene rings is 1. The second kappa shape index (κ2) is 6.63. The molecule has 0 saturated heterocycles. The summed E-state index contributed by atoms with van der Waals surface area (Å²) in [6, 6.07) is 8.47. The monoisotopic (exact) mass is 222 g/mol. The van der Waals surface area contributed by atoms with Crippen LogP contribution in [0, 0.1) is 6.92 Å². The molecule has 0 fully saturated rings. The van der Waals surface area contributed by atoms with Crippen LogP contribution < -0.4 is 5.73 Å². The molecule has 1 aromatic rings. The summed E-state index contributed by atoms with van der Waals surface area (Å²) in [6.45, 7) is 4.16. The molecule has 3 heteroatoms. The van der Waals surface area contributed by atoms with Gasteiger partial charge in [0, 0.05) is 13.1 Å². The zero-order valence-corrected chi connectivity index (χ0v) is 10.2. The molecule has 1 atom stereocenters. The van der Waals surface area contributed by atoms with E-state index in [1.54, 1.807) is 0 Å². The van der Waals surface area contributed by atoms with E-state index in [9.17, 15) is 5.11 Å². The number of aliphatic hydroxyl groups is 1. The van der Waals surface area contributed by atoms with Gasteiger partial charge >= 0.3 is 0 Å². The topological polar surface area (TPSA) is 49.5 Å². The van der Waals surface area contributed by atoms with Gasteiger partial charge in [0.15, 0.2) is 0 Å². The van der Waals surface area contributed by atoms with Crippen LogP contribution in [0.25, 0.3) is 0 Å². The molecule has 1 unspecified atom stereocenters. The van der Waals surface area contributed by atoms with Crippen LogP contribution in [0.15, 0.2) is 24.3 Å². The quantitative estimate of drug-likeness (QED) is 0.759. The van der Waals surface area contributed by atoms with E-state index in [0.717, 1.165) is 6.54 Å². The van der Waals surface area contributed by atoms with Gasteiger partial charge in [0.1, 0.15) is 0 Å². The zero-order valence-electron chi connectivity index (χ0n) is 10.2. The Bertz CT molecular complexity index is 297. The van der Waals surface area contributed by atoms with Crippen LogP contribution in [-0.4, -0.2) is 36.2 Å². The molecule has 3 N–H and O–H groups in total. The van der Waals surface area contributed by atoms with Gasteiger partial charge in [-0.25, -0.2) is 0 Å². The first-order chi connectivity index (χ1) is 7.61. The highest BCUT2D eigenvalue weighted by atomic mass is 16.3. The van der Waals surface area contributed by atoms with Crippen LogP contribution in [0.1, 0.15) is 17.5 Å². The summed E-state index contributed by atoms with van der Waals surface area (Å²) in [5.41, 5.74) is 7.94. The lowest BCUT2D eigenvalue weighted by Gasteiger charge is -2.20. The zero-order chi connectivity index (χ0) is 12.0. The van der Waals surface area contributed by atoms with Gasteiger partial charge in [-0.2, -0.15) is 0 Å². The molecule has 0 aliphatic carbocycles. The third kappa shape index (κ3) is 4.75. The minimum absolute atomic E-state index is 0.319. The summed E-state index contributed by atoms with van der Waals surface area (Å²) < 4.78 is 0. The molecule has 0 spiro atoms. The van der Waals surface area contributed by atoms with Crippen molar-refractivity contribution >= 4 is 0 Å². The van der Waals surface area contributed by atoms with E-state index >= 15 is 0 Å². The maximum atomic E-state index is 9.62. The smallest absolute Gasteiger partial charge is 0.0679 e. The van der Waals surface area contributed by atoms with E-state index in [1.165, 1.54) is 11.1 Å². The van der Waals surface area contributed by atoms with Gasteiger partial charge in [0.2, 0.25) is 0 Å². The van der Waals surface area contributed by atoms with Crippen LogP contribution >= 0.6 is 0 Å². The molecule has 90 valence electrons. The van der Waals surface area contributed by atoms with Crippen LogP contribution in [0.3, 0.4) is 0 Å². The third-order valence-corrected chi connectivity index (χ3v) is 2.60. The van der Waals surface area contributed by atoms with E-state index in [2.05, 4.69) is 36.1 Å². The summed E-state index contributed by atoms with van der Waals surface area (Å²) in [5, 5.41) is 9.62. The van der Waals surface area contributed by atoms with E-state index < -0.39 is 0 Å². The molecular formula is C13H22N2O. The van der Waals surface area contributed by atoms with Crippen LogP contribution in [0.5, 0.6) is 0 Å². The fraction of sp³-hybridized carbons (Fsp3) is 0.538. The lowest BCUT2D eigenvalue weighted by atomic mass is 10.1. The molecule has 1 rings (SSSR count). The maximum absolute atomic E-state index is 9.62. The van der Waals surface area contributed by atoms with Crippen molar-refractivity contribution < 1.29 is 5.11 Å². The average molecular weight is 222 g/mol. The number of aliphatic hydroxyl groups excluding tert-OH is 1. The largest absolute Gasteiger partial charge is 0.392 e. The normalized spacial score (nSPS) is 13.1. The first-order valence-electron chi connectivity index (χ1n) is 5.74. The molecule has 0 aliphatic heterocycles. The molecule has 3 nitrogen and oxygen atoms in total. The molecule has 0 heterocycles. The Balaban J connectivity index is 2.39. The Labute approximate surface area is 97.9 Å². The number of hydrogen-bond acceptors (Lipinski definition) is 3. The lowest BCUT2D eigenvalue weighted by Crippen LogP contribution is -2.30. The average Bonchev–Trinajstić information content (AvgIpc) is 2.21. The molecule has 0 aliphatic rings. The van der Waals surface area contributed by atoms with Crippen molar-refractivity contribution in [1.29, 1.82) is 0 Å². The molecule has 0 saturated carbocycles. The molecule has 1 aromatic carbocycles. The van der Waals surface area contributed by atoms with Crippen LogP contribution in [0.2, 0.25) is 0 Å². The van der Waals surface area contributed by atoms with Crippen LogP contribution in [-0.2, 0) is 6.54 Å². The molecule has 0 aromatic heterocycles. The van der Waals surface area contributed by atoms with Crippen molar-refractivity contribution in [1.82, 2.24) is 4.90 Å². The Morgan fingerprint density at radius 3 is 2.50 bits per heavy atom. The van der Waals surface area contributed by atoms with Crippen molar-refractivity contribution in [3.8, 4) is 0 Å². The maximum Gasteiger partial charge on any atom is 0.0679 e. The van der Waals surface area contributed by atoms with E-state index in [0.29, 0.717) is 19.5 Å². The molecule has 0 amide bonds. The predicted molar refractivity (Wildman–Crippen MR) is 67.2 cm³/mol. The number of nitrogens with two attached hydrogens (primary N) is 1. The van der Waals surface area contributed by atoms with Gasteiger partial charge in [-0.1, -0.05) is 29.8 Å². The van der Waals surface area contributed by atoms with Gasteiger partial charge in [-0.15, -0.1) is 0 Å². The summed E-state index contributed by atoms with van der Waals surface area (Å²) in [5.74, 6) is 0. The van der Waals surface area contributed by atoms with Gasteiger partial charge < -0.3 is 10.8 Å². The van der Waals surface area contributed by atoms with Crippen molar-refractivity contribution in [2.75, 3.05) is 20.1 Å². The molecule has 16 heavy (non-hydrogen) atoms. The number of nitrogens with zero attached hydrogens (tertiary/aromatic N) is 1. The summed E-state index contributed by atoms with van der Waals surface area (Å²) in [4.78, 5) is 2.12. The van der Waals surface area contributed by atoms with Gasteiger partial charge in [-0.3, -0.25) is 4.90 Å². The number of hydrogen-bond donors (Lipinski definition) is 2. The fourth-order valence-electron chi connectivity index (χ4n) is 1.71. The minimum atomic E-state index is -0.319. The standard InChI is InChI=1S/C13H22N2O/c1-11-3-5-12(6-4-11)9-15(2)10-13(16)7-8-14/h3-6,13,16H,7-10,14H2,1-2H3. The first-order valence-corrected chi connectivity index (χ1v) is 5.74. The van der Waals surface area contributed by atoms with Crippen LogP contribution in [0.4, 0.5) is 0 Å². The third-order valence-electron chi connectivity index (χ3n) is 2.60. The number of aryl methyl sites for hydroxylation is 1. The van der Waals surface area contributed by atoms with Gasteiger partial charge in [-0.05, 0) is 32.5 Å². The summed E-state index contributed by atoms with van der Waals surface area (Å²) >= 11 is 0. The minimum Gasteiger partial charge on any atom is -0.392 e. The molecule has 0 radical (unpaired) electrons. The second-order valence-corrected chi connectivity index (χ2v) is 4.41.